The summed E-state index contributed by atoms with van der Waals surface area (Å²) >= 11 is 0. The fourth-order valence-corrected chi connectivity index (χ4v) is 1.50. The number of carbonyl (C=O) groups excluding carboxylic acids is 1. The topological polar surface area (TPSA) is 26.3 Å². The van der Waals surface area contributed by atoms with Gasteiger partial charge in [-0.25, -0.2) is 0 Å². The Kier molecular flexibility index (Phi) is 3.28. The molecule has 0 aliphatic carbocycles. The molecule has 0 aliphatic rings. The monoisotopic (exact) mass is 192 g/mol. The van der Waals surface area contributed by atoms with Crippen LogP contribution in [-0.2, 0) is 11.2 Å². The first-order chi connectivity index (χ1) is 6.54. The third kappa shape index (κ3) is 2.34. The van der Waals surface area contributed by atoms with E-state index in [1.54, 1.807) is 14.0 Å². The van der Waals surface area contributed by atoms with Crippen molar-refractivity contribution in [3.8, 4) is 5.75 Å². The highest BCUT2D eigenvalue weighted by Crippen LogP contribution is 2.23. The molecule has 0 atom stereocenters. The number of aryl methyl sites for hydroxylation is 1. The van der Waals surface area contributed by atoms with Gasteiger partial charge in [0.25, 0.3) is 0 Å². The molecular weight excluding hydrogens is 176 g/mol. The van der Waals surface area contributed by atoms with Gasteiger partial charge < -0.3 is 4.74 Å². The zero-order valence-corrected chi connectivity index (χ0v) is 9.18. The summed E-state index contributed by atoms with van der Waals surface area (Å²) in [4.78, 5) is 11.0. The predicted octanol–water partition coefficient (Wildman–Crippen LogP) is 2.44. The van der Waals surface area contributed by atoms with Crippen LogP contribution in [0.4, 0.5) is 0 Å². The first-order valence-corrected chi connectivity index (χ1v) is 4.68. The number of Topliss-reactive ketones (excluding diaryl/α,β-unsaturated/α-hetero) is 1. The van der Waals surface area contributed by atoms with E-state index in [9.17, 15) is 4.79 Å². The highest BCUT2D eigenvalue weighted by molar-refractivity contribution is 5.78. The fraction of sp³-hybridized carbons (Fsp3) is 0.417. The number of ether oxygens (including phenoxy) is 1. The van der Waals surface area contributed by atoms with Crippen molar-refractivity contribution in [3.63, 3.8) is 0 Å². The van der Waals surface area contributed by atoms with Gasteiger partial charge in [-0.2, -0.15) is 0 Å². The Morgan fingerprint density at radius 3 is 2.50 bits per heavy atom. The maximum Gasteiger partial charge on any atom is 0.134 e. The van der Waals surface area contributed by atoms with Crippen LogP contribution < -0.4 is 4.74 Å². The molecule has 0 radical (unpaired) electrons. The summed E-state index contributed by atoms with van der Waals surface area (Å²) in [6.07, 6.45) is 0.484. The van der Waals surface area contributed by atoms with Gasteiger partial charge in [-0.1, -0.05) is 6.07 Å². The normalized spacial score (nSPS) is 10.0. The summed E-state index contributed by atoms with van der Waals surface area (Å²) in [5.74, 6) is 1.04. The van der Waals surface area contributed by atoms with Crippen molar-refractivity contribution in [2.75, 3.05) is 7.11 Å². The maximum absolute atomic E-state index is 11.0. The van der Waals surface area contributed by atoms with Gasteiger partial charge in [0.05, 0.1) is 7.11 Å². The summed E-state index contributed by atoms with van der Waals surface area (Å²) < 4.78 is 5.24. The Morgan fingerprint density at radius 2 is 2.00 bits per heavy atom. The van der Waals surface area contributed by atoms with Crippen molar-refractivity contribution in [1.82, 2.24) is 0 Å². The second kappa shape index (κ2) is 4.27. The van der Waals surface area contributed by atoms with Gasteiger partial charge in [-0.05, 0) is 43.5 Å². The Labute approximate surface area is 84.9 Å². The Bertz CT molecular complexity index is 354. The number of carbonyl (C=O) groups is 1. The standard InChI is InChI=1S/C12H16O2/c1-8-5-11(6-9(2)13)7-12(14-4)10(8)3/h5,7H,6H2,1-4H3. The van der Waals surface area contributed by atoms with Gasteiger partial charge in [0.2, 0.25) is 0 Å². The SMILES string of the molecule is COc1cc(CC(C)=O)cc(C)c1C. The van der Waals surface area contributed by atoms with Crippen LogP contribution in [0.3, 0.4) is 0 Å². The summed E-state index contributed by atoms with van der Waals surface area (Å²) in [5, 5.41) is 0. The number of hydrogen-bond acceptors (Lipinski definition) is 2. The van der Waals surface area contributed by atoms with Gasteiger partial charge in [0.15, 0.2) is 0 Å². The molecule has 1 aromatic rings. The molecule has 76 valence electrons. The van der Waals surface area contributed by atoms with E-state index in [-0.39, 0.29) is 5.78 Å². The predicted molar refractivity (Wildman–Crippen MR) is 56.9 cm³/mol. The summed E-state index contributed by atoms with van der Waals surface area (Å²) in [6.45, 7) is 5.65. The number of ketones is 1. The minimum Gasteiger partial charge on any atom is -0.496 e. The number of benzene rings is 1. The third-order valence-corrected chi connectivity index (χ3v) is 2.35. The van der Waals surface area contributed by atoms with E-state index in [4.69, 9.17) is 4.74 Å². The minimum atomic E-state index is 0.176. The van der Waals surface area contributed by atoms with Crippen LogP contribution in [0.15, 0.2) is 12.1 Å². The van der Waals surface area contributed by atoms with Crippen molar-refractivity contribution < 1.29 is 9.53 Å². The molecule has 0 aromatic heterocycles. The molecule has 0 unspecified atom stereocenters. The van der Waals surface area contributed by atoms with Crippen LogP contribution in [0.1, 0.15) is 23.6 Å². The minimum absolute atomic E-state index is 0.176. The Morgan fingerprint density at radius 1 is 1.36 bits per heavy atom. The molecule has 0 fully saturated rings. The molecule has 1 rings (SSSR count). The molecule has 1 aromatic carbocycles. The van der Waals surface area contributed by atoms with Crippen LogP contribution in [0.2, 0.25) is 0 Å². The van der Waals surface area contributed by atoms with Crippen molar-refractivity contribution in [1.29, 1.82) is 0 Å². The van der Waals surface area contributed by atoms with Gasteiger partial charge in [0, 0.05) is 6.42 Å². The van der Waals surface area contributed by atoms with E-state index in [2.05, 4.69) is 0 Å². The average molecular weight is 192 g/mol. The number of rotatable bonds is 3. The lowest BCUT2D eigenvalue weighted by Gasteiger charge is -2.10. The van der Waals surface area contributed by atoms with Crippen LogP contribution in [0.25, 0.3) is 0 Å². The zero-order valence-electron chi connectivity index (χ0n) is 9.18. The van der Waals surface area contributed by atoms with E-state index in [0.717, 1.165) is 16.9 Å². The highest BCUT2D eigenvalue weighted by atomic mass is 16.5. The average Bonchev–Trinajstić information content (AvgIpc) is 2.10. The van der Waals surface area contributed by atoms with Crippen molar-refractivity contribution in [2.45, 2.75) is 27.2 Å². The first-order valence-electron chi connectivity index (χ1n) is 4.68. The lowest BCUT2D eigenvalue weighted by Crippen LogP contribution is -1.99. The van der Waals surface area contributed by atoms with E-state index in [1.165, 1.54) is 5.56 Å². The van der Waals surface area contributed by atoms with E-state index >= 15 is 0 Å². The van der Waals surface area contributed by atoms with E-state index < -0.39 is 0 Å². The molecule has 0 bridgehead atoms. The Hall–Kier alpha value is -1.31. The molecule has 2 nitrogen and oxygen atoms in total. The molecule has 2 heteroatoms. The molecule has 14 heavy (non-hydrogen) atoms. The third-order valence-electron chi connectivity index (χ3n) is 2.35. The molecule has 0 saturated carbocycles. The van der Waals surface area contributed by atoms with Gasteiger partial charge in [-0.3, -0.25) is 4.79 Å². The van der Waals surface area contributed by atoms with Crippen LogP contribution in [0.5, 0.6) is 5.75 Å². The van der Waals surface area contributed by atoms with E-state index in [0.29, 0.717) is 6.42 Å². The van der Waals surface area contributed by atoms with Gasteiger partial charge in [-0.15, -0.1) is 0 Å². The molecule has 0 aliphatic heterocycles. The maximum atomic E-state index is 11.0. The van der Waals surface area contributed by atoms with Crippen molar-refractivity contribution in [3.05, 3.63) is 28.8 Å². The number of methoxy groups -OCH3 is 1. The van der Waals surface area contributed by atoms with Gasteiger partial charge >= 0.3 is 0 Å². The zero-order chi connectivity index (χ0) is 10.7. The Balaban J connectivity index is 3.09. The fourth-order valence-electron chi connectivity index (χ4n) is 1.50. The van der Waals surface area contributed by atoms with Gasteiger partial charge in [0.1, 0.15) is 11.5 Å². The van der Waals surface area contributed by atoms with Crippen LogP contribution in [0, 0.1) is 13.8 Å². The highest BCUT2D eigenvalue weighted by Gasteiger charge is 2.05. The van der Waals surface area contributed by atoms with E-state index in [1.807, 2.05) is 26.0 Å². The first kappa shape index (κ1) is 10.8. The lowest BCUT2D eigenvalue weighted by atomic mass is 10.0. The van der Waals surface area contributed by atoms with Crippen molar-refractivity contribution in [2.24, 2.45) is 0 Å². The second-order valence-corrected chi connectivity index (χ2v) is 3.62. The van der Waals surface area contributed by atoms with Crippen molar-refractivity contribution >= 4 is 5.78 Å². The quantitative estimate of drug-likeness (QED) is 0.735. The number of hydrogen-bond donors (Lipinski definition) is 0. The molecule has 0 spiro atoms. The second-order valence-electron chi connectivity index (χ2n) is 3.62. The molecule has 0 amide bonds. The molecule has 0 saturated heterocycles. The molecule has 0 N–H and O–H groups in total. The summed E-state index contributed by atoms with van der Waals surface area (Å²) in [5.41, 5.74) is 3.33. The lowest BCUT2D eigenvalue weighted by molar-refractivity contribution is -0.116. The van der Waals surface area contributed by atoms with Crippen LogP contribution >= 0.6 is 0 Å². The molecule has 0 heterocycles. The largest absolute Gasteiger partial charge is 0.496 e. The van der Waals surface area contributed by atoms with Crippen LogP contribution in [-0.4, -0.2) is 12.9 Å². The molecular formula is C12H16O2. The summed E-state index contributed by atoms with van der Waals surface area (Å²) in [6, 6.07) is 3.98. The smallest absolute Gasteiger partial charge is 0.134 e. The summed E-state index contributed by atoms with van der Waals surface area (Å²) in [7, 11) is 1.65.